The molecule has 5 rings (SSSR count). The number of carbonyl (C=O) groups excluding carboxylic acids is 1. The van der Waals surface area contributed by atoms with E-state index in [9.17, 15) is 14.3 Å². The zero-order chi connectivity index (χ0) is 20.8. The van der Waals surface area contributed by atoms with Crippen LogP contribution in [0.4, 0.5) is 15.0 Å². The molecule has 1 aromatic heterocycles. The van der Waals surface area contributed by atoms with E-state index < -0.39 is 18.1 Å². The number of hydrogen-bond donors (Lipinski definition) is 1. The molecule has 30 heavy (non-hydrogen) atoms. The number of aryl methyl sites for hydroxylation is 1. The van der Waals surface area contributed by atoms with Crippen LogP contribution in [-0.2, 0) is 24.9 Å². The minimum Gasteiger partial charge on any atom is -0.447 e. The first-order valence-corrected chi connectivity index (χ1v) is 9.77. The van der Waals surface area contributed by atoms with Crippen LogP contribution < -0.4 is 4.90 Å². The van der Waals surface area contributed by atoms with Crippen LogP contribution in [0.5, 0.6) is 0 Å². The van der Waals surface area contributed by atoms with Crippen molar-refractivity contribution in [1.82, 2.24) is 14.7 Å². The maximum absolute atomic E-state index is 14.9. The van der Waals surface area contributed by atoms with Crippen LogP contribution >= 0.6 is 0 Å². The number of fused-ring (bicyclic) bond motifs is 1. The van der Waals surface area contributed by atoms with Gasteiger partial charge < -0.3 is 14.7 Å². The number of aromatic nitrogens is 2. The number of benzene rings is 2. The lowest BCUT2D eigenvalue weighted by Crippen LogP contribution is -2.29. The van der Waals surface area contributed by atoms with Crippen LogP contribution in [0.1, 0.15) is 22.9 Å². The van der Waals surface area contributed by atoms with Crippen molar-refractivity contribution in [1.29, 1.82) is 0 Å². The van der Waals surface area contributed by atoms with Crippen LogP contribution in [0.25, 0.3) is 11.1 Å². The monoisotopic (exact) mass is 408 g/mol. The van der Waals surface area contributed by atoms with E-state index in [1.165, 1.54) is 16.5 Å². The molecule has 2 aliphatic rings. The van der Waals surface area contributed by atoms with Gasteiger partial charge in [-0.2, -0.15) is 5.10 Å². The van der Waals surface area contributed by atoms with Crippen molar-refractivity contribution >= 4 is 11.9 Å². The summed E-state index contributed by atoms with van der Waals surface area (Å²) in [5, 5.41) is 14.6. The van der Waals surface area contributed by atoms with E-state index in [4.69, 9.17) is 4.74 Å². The number of cyclic esters (lactones) is 1. The first-order chi connectivity index (χ1) is 14.5. The van der Waals surface area contributed by atoms with Gasteiger partial charge in [0.1, 0.15) is 18.2 Å². The molecule has 0 aliphatic carbocycles. The van der Waals surface area contributed by atoms with Crippen molar-refractivity contribution in [2.45, 2.75) is 19.3 Å². The summed E-state index contributed by atoms with van der Waals surface area (Å²) in [6, 6.07) is 12.5. The fraction of sp³-hybridized carbons (Fsp3) is 0.273. The predicted octanol–water partition coefficient (Wildman–Crippen LogP) is 3.19. The number of anilines is 1. The molecule has 7 nitrogen and oxygen atoms in total. The van der Waals surface area contributed by atoms with Gasteiger partial charge in [0.15, 0.2) is 6.23 Å². The van der Waals surface area contributed by atoms with E-state index in [2.05, 4.69) is 10.00 Å². The molecule has 1 amide bonds. The third-order valence-corrected chi connectivity index (χ3v) is 5.74. The molecule has 1 fully saturated rings. The molecule has 8 heteroatoms. The molecule has 0 spiro atoms. The van der Waals surface area contributed by atoms with Crippen LogP contribution in [0, 0.1) is 5.82 Å². The number of halogens is 1. The fourth-order valence-corrected chi connectivity index (χ4v) is 4.13. The first-order valence-electron chi connectivity index (χ1n) is 9.77. The minimum atomic E-state index is -1.23. The second-order valence-corrected chi connectivity index (χ2v) is 7.57. The predicted molar refractivity (Wildman–Crippen MR) is 108 cm³/mol. The quantitative estimate of drug-likeness (QED) is 0.718. The lowest BCUT2D eigenvalue weighted by atomic mass is 9.98. The molecular formula is C22H21FN4O3. The molecule has 1 atom stereocenters. The summed E-state index contributed by atoms with van der Waals surface area (Å²) >= 11 is 0. The van der Waals surface area contributed by atoms with Crippen molar-refractivity contribution in [3.05, 3.63) is 71.2 Å². The summed E-state index contributed by atoms with van der Waals surface area (Å²) in [6.45, 7) is 2.02. The Kier molecular flexibility index (Phi) is 4.43. The highest BCUT2D eigenvalue weighted by Gasteiger charge is 2.30. The van der Waals surface area contributed by atoms with Crippen LogP contribution in [-0.4, -0.2) is 39.0 Å². The largest absolute Gasteiger partial charge is 0.447 e. The summed E-state index contributed by atoms with van der Waals surface area (Å²) in [4.78, 5) is 15.1. The van der Waals surface area contributed by atoms with Gasteiger partial charge in [-0.25, -0.2) is 9.18 Å². The number of rotatable bonds is 4. The molecule has 1 N–H and O–H groups in total. The average molecular weight is 408 g/mol. The third-order valence-electron chi connectivity index (χ3n) is 5.74. The molecule has 1 unspecified atom stereocenters. The Morgan fingerprint density at radius 2 is 1.97 bits per heavy atom. The number of nitrogens with zero attached hydrogens (tertiary/aromatic N) is 4. The lowest BCUT2D eigenvalue weighted by molar-refractivity contribution is 0.0362. The number of amides is 1. The number of aliphatic hydroxyl groups is 1. The van der Waals surface area contributed by atoms with Gasteiger partial charge in [-0.3, -0.25) is 9.58 Å². The normalized spacial score (nSPS) is 16.7. The second-order valence-electron chi connectivity index (χ2n) is 7.57. The fourth-order valence-electron chi connectivity index (χ4n) is 4.13. The molecular weight excluding hydrogens is 387 g/mol. The Labute approximate surface area is 172 Å². The Bertz CT molecular complexity index is 1130. The van der Waals surface area contributed by atoms with E-state index >= 15 is 0 Å². The SMILES string of the molecule is Cn1nccc1N1Cc2ccc(-c3ccc(C(O)N4CCOC4=O)cc3F)cc2C1. The number of aliphatic hydroxyl groups excluding tert-OH is 1. The maximum Gasteiger partial charge on any atom is 0.412 e. The van der Waals surface area contributed by atoms with Crippen molar-refractivity contribution < 1.29 is 19.0 Å². The summed E-state index contributed by atoms with van der Waals surface area (Å²) < 4.78 is 21.6. The van der Waals surface area contributed by atoms with Crippen LogP contribution in [0.15, 0.2) is 48.7 Å². The molecule has 0 radical (unpaired) electrons. The summed E-state index contributed by atoms with van der Waals surface area (Å²) in [6.07, 6.45) is -0.0451. The number of ether oxygens (including phenoxy) is 1. The standard InChI is InChI=1S/C22H21FN4O3/c1-25-20(6-7-24-25)26-12-16-3-2-14(10-17(16)13-26)18-5-4-15(11-19(18)23)21(28)27-8-9-30-22(27)29/h2-7,10-11,21,28H,8-9,12-13H2,1H3. The van der Waals surface area contributed by atoms with Gasteiger partial charge in [-0.1, -0.05) is 24.3 Å². The van der Waals surface area contributed by atoms with E-state index in [1.807, 2.05) is 36.0 Å². The van der Waals surface area contributed by atoms with Gasteiger partial charge in [-0.15, -0.1) is 0 Å². The molecule has 1 saturated heterocycles. The molecule has 0 bridgehead atoms. The van der Waals surface area contributed by atoms with Crippen LogP contribution in [0.3, 0.4) is 0 Å². The summed E-state index contributed by atoms with van der Waals surface area (Å²) in [5.74, 6) is 0.596. The van der Waals surface area contributed by atoms with E-state index in [0.717, 1.165) is 30.0 Å². The minimum absolute atomic E-state index is 0.224. The molecule has 0 saturated carbocycles. The molecule has 3 heterocycles. The average Bonchev–Trinajstić information content (AvgIpc) is 3.45. The van der Waals surface area contributed by atoms with E-state index in [1.54, 1.807) is 18.3 Å². The van der Waals surface area contributed by atoms with Crippen molar-refractivity contribution in [3.8, 4) is 11.1 Å². The Morgan fingerprint density at radius 3 is 2.67 bits per heavy atom. The molecule has 3 aromatic rings. The van der Waals surface area contributed by atoms with Crippen molar-refractivity contribution in [3.63, 3.8) is 0 Å². The highest BCUT2D eigenvalue weighted by Crippen LogP contribution is 2.33. The molecule has 154 valence electrons. The van der Waals surface area contributed by atoms with Gasteiger partial charge in [0.05, 0.1) is 12.7 Å². The highest BCUT2D eigenvalue weighted by atomic mass is 19.1. The van der Waals surface area contributed by atoms with E-state index in [-0.39, 0.29) is 13.2 Å². The van der Waals surface area contributed by atoms with Crippen LogP contribution in [0.2, 0.25) is 0 Å². The zero-order valence-electron chi connectivity index (χ0n) is 16.5. The summed E-state index contributed by atoms with van der Waals surface area (Å²) in [5.41, 5.74) is 3.91. The van der Waals surface area contributed by atoms with Crippen molar-refractivity contribution in [2.24, 2.45) is 7.05 Å². The topological polar surface area (TPSA) is 70.8 Å². The first kappa shape index (κ1) is 18.6. The van der Waals surface area contributed by atoms with Gasteiger partial charge in [0.25, 0.3) is 0 Å². The molecule has 2 aliphatic heterocycles. The van der Waals surface area contributed by atoms with Gasteiger partial charge in [0, 0.05) is 37.3 Å². The number of carbonyl (C=O) groups is 1. The Balaban J connectivity index is 1.39. The smallest absolute Gasteiger partial charge is 0.412 e. The molecule has 2 aromatic carbocycles. The second kappa shape index (κ2) is 7.14. The Hall–Kier alpha value is -3.39. The van der Waals surface area contributed by atoms with Crippen molar-refractivity contribution in [2.75, 3.05) is 18.1 Å². The van der Waals surface area contributed by atoms with Gasteiger partial charge in [0.2, 0.25) is 0 Å². The lowest BCUT2D eigenvalue weighted by Gasteiger charge is -2.21. The van der Waals surface area contributed by atoms with E-state index in [0.29, 0.717) is 11.1 Å². The zero-order valence-corrected chi connectivity index (χ0v) is 16.5. The Morgan fingerprint density at radius 1 is 1.13 bits per heavy atom. The maximum atomic E-state index is 14.9. The summed E-state index contributed by atoms with van der Waals surface area (Å²) in [7, 11) is 1.91. The third kappa shape index (κ3) is 3.09. The van der Waals surface area contributed by atoms with Gasteiger partial charge >= 0.3 is 6.09 Å². The van der Waals surface area contributed by atoms with Gasteiger partial charge in [-0.05, 0) is 28.8 Å². The number of hydrogen-bond acceptors (Lipinski definition) is 5. The highest BCUT2D eigenvalue weighted by molar-refractivity contribution is 5.70.